The van der Waals surface area contributed by atoms with Crippen LogP contribution in [0.4, 0.5) is 0 Å². The molecule has 5 heteroatoms. The Morgan fingerprint density at radius 1 is 1.47 bits per heavy atom. The van der Waals surface area contributed by atoms with E-state index >= 15 is 0 Å². The zero-order valence-electron chi connectivity index (χ0n) is 11.5. The molecule has 1 aliphatic rings. The SMILES string of the molecule is Cc1nn(CCCNC(=O)C2CCCCC2)cc1Cl. The highest BCUT2D eigenvalue weighted by molar-refractivity contribution is 6.31. The Balaban J connectivity index is 1.64. The molecule has 19 heavy (non-hydrogen) atoms. The van der Waals surface area contributed by atoms with E-state index in [-0.39, 0.29) is 11.8 Å². The Morgan fingerprint density at radius 2 is 2.21 bits per heavy atom. The van der Waals surface area contributed by atoms with Crippen LogP contribution < -0.4 is 5.32 Å². The van der Waals surface area contributed by atoms with Crippen LogP contribution in [-0.4, -0.2) is 22.2 Å². The summed E-state index contributed by atoms with van der Waals surface area (Å²) in [6.07, 6.45) is 8.50. The normalized spacial score (nSPS) is 16.5. The first-order chi connectivity index (χ1) is 9.16. The minimum atomic E-state index is 0.231. The molecule has 4 nitrogen and oxygen atoms in total. The molecule has 1 amide bonds. The van der Waals surface area contributed by atoms with Crippen molar-refractivity contribution in [2.45, 2.75) is 52.0 Å². The van der Waals surface area contributed by atoms with Gasteiger partial charge >= 0.3 is 0 Å². The second-order valence-electron chi connectivity index (χ2n) is 5.31. The van der Waals surface area contributed by atoms with Crippen LogP contribution in [0.3, 0.4) is 0 Å². The molecule has 1 fully saturated rings. The van der Waals surface area contributed by atoms with E-state index in [1.807, 2.05) is 17.8 Å². The number of aryl methyl sites for hydroxylation is 2. The molecule has 1 aromatic heterocycles. The van der Waals surface area contributed by atoms with Crippen LogP contribution in [0.2, 0.25) is 5.02 Å². The summed E-state index contributed by atoms with van der Waals surface area (Å²) in [5, 5.41) is 8.02. The summed E-state index contributed by atoms with van der Waals surface area (Å²) in [4.78, 5) is 11.9. The standard InChI is InChI=1S/C14H22ClN3O/c1-11-13(15)10-18(17-11)9-5-8-16-14(19)12-6-3-2-4-7-12/h10,12H,2-9H2,1H3,(H,16,19). The van der Waals surface area contributed by atoms with E-state index < -0.39 is 0 Å². The number of nitrogens with one attached hydrogen (secondary N) is 1. The molecular weight excluding hydrogens is 262 g/mol. The summed E-state index contributed by atoms with van der Waals surface area (Å²) >= 11 is 5.94. The van der Waals surface area contributed by atoms with Gasteiger partial charge in [0.25, 0.3) is 0 Å². The van der Waals surface area contributed by atoms with Gasteiger partial charge in [-0.2, -0.15) is 5.10 Å². The molecule has 1 N–H and O–H groups in total. The van der Waals surface area contributed by atoms with Crippen molar-refractivity contribution >= 4 is 17.5 Å². The number of aromatic nitrogens is 2. The summed E-state index contributed by atoms with van der Waals surface area (Å²) in [5.41, 5.74) is 0.855. The van der Waals surface area contributed by atoms with E-state index in [0.717, 1.165) is 31.5 Å². The first-order valence-electron chi connectivity index (χ1n) is 7.14. The maximum atomic E-state index is 11.9. The maximum absolute atomic E-state index is 11.9. The Hall–Kier alpha value is -1.03. The molecule has 0 spiro atoms. The van der Waals surface area contributed by atoms with Crippen molar-refractivity contribution in [2.75, 3.05) is 6.54 Å². The van der Waals surface area contributed by atoms with Gasteiger partial charge in [-0.1, -0.05) is 30.9 Å². The number of hydrogen-bond acceptors (Lipinski definition) is 2. The lowest BCUT2D eigenvalue weighted by molar-refractivity contribution is -0.125. The van der Waals surface area contributed by atoms with Gasteiger partial charge in [0.15, 0.2) is 0 Å². The predicted octanol–water partition coefficient (Wildman–Crippen LogP) is 2.93. The zero-order valence-corrected chi connectivity index (χ0v) is 12.2. The summed E-state index contributed by atoms with van der Waals surface area (Å²) < 4.78 is 1.84. The monoisotopic (exact) mass is 283 g/mol. The van der Waals surface area contributed by atoms with Gasteiger partial charge in [0.1, 0.15) is 0 Å². The van der Waals surface area contributed by atoms with E-state index in [1.165, 1.54) is 19.3 Å². The molecule has 0 radical (unpaired) electrons. The summed E-state index contributed by atoms with van der Waals surface area (Å²) in [7, 11) is 0. The van der Waals surface area contributed by atoms with Gasteiger partial charge in [0, 0.05) is 25.2 Å². The van der Waals surface area contributed by atoms with Gasteiger partial charge in [0.2, 0.25) is 5.91 Å². The van der Waals surface area contributed by atoms with E-state index in [1.54, 1.807) is 0 Å². The smallest absolute Gasteiger partial charge is 0.223 e. The van der Waals surface area contributed by atoms with E-state index in [9.17, 15) is 4.79 Å². The number of nitrogens with zero attached hydrogens (tertiary/aromatic N) is 2. The fourth-order valence-corrected chi connectivity index (χ4v) is 2.72. The number of hydrogen-bond donors (Lipinski definition) is 1. The van der Waals surface area contributed by atoms with Gasteiger partial charge in [0.05, 0.1) is 10.7 Å². The number of carbonyl (C=O) groups excluding carboxylic acids is 1. The molecule has 0 aromatic carbocycles. The van der Waals surface area contributed by atoms with Gasteiger partial charge in [-0.05, 0) is 26.2 Å². The largest absolute Gasteiger partial charge is 0.356 e. The van der Waals surface area contributed by atoms with Crippen LogP contribution in [-0.2, 0) is 11.3 Å². The quantitative estimate of drug-likeness (QED) is 0.845. The highest BCUT2D eigenvalue weighted by Gasteiger charge is 2.20. The van der Waals surface area contributed by atoms with E-state index in [0.29, 0.717) is 11.6 Å². The topological polar surface area (TPSA) is 46.9 Å². The number of rotatable bonds is 5. The Morgan fingerprint density at radius 3 is 2.84 bits per heavy atom. The van der Waals surface area contributed by atoms with Crippen LogP contribution in [0, 0.1) is 12.8 Å². The zero-order chi connectivity index (χ0) is 13.7. The fourth-order valence-electron chi connectivity index (χ4n) is 2.57. The minimum absolute atomic E-state index is 0.231. The van der Waals surface area contributed by atoms with E-state index in [4.69, 9.17) is 11.6 Å². The van der Waals surface area contributed by atoms with Crippen molar-refractivity contribution < 1.29 is 4.79 Å². The molecule has 1 aliphatic carbocycles. The highest BCUT2D eigenvalue weighted by atomic mass is 35.5. The maximum Gasteiger partial charge on any atom is 0.223 e. The van der Waals surface area contributed by atoms with Crippen molar-refractivity contribution in [1.82, 2.24) is 15.1 Å². The molecule has 0 atom stereocenters. The molecule has 1 saturated carbocycles. The summed E-state index contributed by atoms with van der Waals surface area (Å²) in [5.74, 6) is 0.476. The third-order valence-electron chi connectivity index (χ3n) is 3.73. The van der Waals surface area contributed by atoms with Crippen molar-refractivity contribution in [3.8, 4) is 0 Å². The van der Waals surface area contributed by atoms with Crippen LogP contribution in [0.1, 0.15) is 44.2 Å². The summed E-state index contributed by atoms with van der Waals surface area (Å²) in [6, 6.07) is 0. The number of halogens is 1. The first kappa shape index (κ1) is 14.4. The van der Waals surface area contributed by atoms with Crippen LogP contribution >= 0.6 is 11.6 Å². The molecular formula is C14H22ClN3O. The molecule has 1 aromatic rings. The first-order valence-corrected chi connectivity index (χ1v) is 7.52. The second-order valence-corrected chi connectivity index (χ2v) is 5.71. The lowest BCUT2D eigenvalue weighted by Gasteiger charge is -2.20. The number of amides is 1. The van der Waals surface area contributed by atoms with Crippen LogP contribution in [0.15, 0.2) is 6.20 Å². The molecule has 0 aliphatic heterocycles. The molecule has 0 bridgehead atoms. The Labute approximate surface area is 119 Å². The van der Waals surface area contributed by atoms with Crippen LogP contribution in [0.25, 0.3) is 0 Å². The number of carbonyl (C=O) groups is 1. The highest BCUT2D eigenvalue weighted by Crippen LogP contribution is 2.23. The second kappa shape index (κ2) is 6.94. The lowest BCUT2D eigenvalue weighted by atomic mass is 9.89. The lowest BCUT2D eigenvalue weighted by Crippen LogP contribution is -2.32. The summed E-state index contributed by atoms with van der Waals surface area (Å²) in [6.45, 7) is 3.40. The third kappa shape index (κ3) is 4.23. The van der Waals surface area contributed by atoms with Gasteiger partial charge < -0.3 is 5.32 Å². The predicted molar refractivity (Wildman–Crippen MR) is 76.2 cm³/mol. The molecule has 2 rings (SSSR count). The van der Waals surface area contributed by atoms with Crippen molar-refractivity contribution in [3.05, 3.63) is 16.9 Å². The van der Waals surface area contributed by atoms with Crippen molar-refractivity contribution in [3.63, 3.8) is 0 Å². The van der Waals surface area contributed by atoms with Crippen LogP contribution in [0.5, 0.6) is 0 Å². The Bertz CT molecular complexity index is 405. The van der Waals surface area contributed by atoms with Gasteiger partial charge in [-0.3, -0.25) is 9.48 Å². The molecule has 1 heterocycles. The molecule has 106 valence electrons. The average Bonchev–Trinajstić information content (AvgIpc) is 2.74. The molecule has 0 unspecified atom stereocenters. The average molecular weight is 284 g/mol. The van der Waals surface area contributed by atoms with Gasteiger partial charge in [-0.25, -0.2) is 0 Å². The molecule has 0 saturated heterocycles. The van der Waals surface area contributed by atoms with Crippen molar-refractivity contribution in [2.24, 2.45) is 5.92 Å². The Kier molecular flexibility index (Phi) is 5.25. The third-order valence-corrected chi connectivity index (χ3v) is 4.10. The van der Waals surface area contributed by atoms with Crippen molar-refractivity contribution in [1.29, 1.82) is 0 Å². The minimum Gasteiger partial charge on any atom is -0.356 e. The van der Waals surface area contributed by atoms with E-state index in [2.05, 4.69) is 10.4 Å². The van der Waals surface area contributed by atoms with Gasteiger partial charge in [-0.15, -0.1) is 0 Å². The fraction of sp³-hybridized carbons (Fsp3) is 0.714.